The number of anilines is 1. The van der Waals surface area contributed by atoms with Gasteiger partial charge in [-0.1, -0.05) is 49.4 Å². The van der Waals surface area contributed by atoms with Gasteiger partial charge in [-0.15, -0.1) is 13.2 Å². The maximum atomic E-state index is 12.7. The van der Waals surface area contributed by atoms with Gasteiger partial charge in [0.2, 0.25) is 5.91 Å². The molecule has 212 valence electrons. The second-order valence-corrected chi connectivity index (χ2v) is 10.4. The van der Waals surface area contributed by atoms with Crippen molar-refractivity contribution in [3.8, 4) is 11.3 Å². The molecule has 3 aromatic rings. The van der Waals surface area contributed by atoms with Crippen molar-refractivity contribution in [3.05, 3.63) is 91.4 Å². The zero-order valence-corrected chi connectivity index (χ0v) is 23.7. The zero-order chi connectivity index (χ0) is 29.1. The van der Waals surface area contributed by atoms with Crippen LogP contribution < -0.4 is 10.6 Å². The van der Waals surface area contributed by atoms with Gasteiger partial charge in [0.15, 0.2) is 0 Å². The molecule has 3 rings (SSSR count). The van der Waals surface area contributed by atoms with E-state index >= 15 is 0 Å². The van der Waals surface area contributed by atoms with Crippen LogP contribution in [-0.2, 0) is 27.4 Å². The number of hydrogen-bond acceptors (Lipinski definition) is 6. The average molecular weight is 546 g/mol. The first-order valence-electron chi connectivity index (χ1n) is 13.3. The summed E-state index contributed by atoms with van der Waals surface area (Å²) in [4.78, 5) is 29.9. The van der Waals surface area contributed by atoms with Crippen LogP contribution in [0.5, 0.6) is 0 Å². The summed E-state index contributed by atoms with van der Waals surface area (Å²) in [5.41, 5.74) is 3.24. The highest BCUT2D eigenvalue weighted by molar-refractivity contribution is 5.96. The van der Waals surface area contributed by atoms with Crippen LogP contribution in [0.4, 0.5) is 10.5 Å². The first-order valence-corrected chi connectivity index (χ1v) is 13.3. The van der Waals surface area contributed by atoms with E-state index in [1.807, 2.05) is 63.2 Å². The van der Waals surface area contributed by atoms with Crippen molar-refractivity contribution in [3.63, 3.8) is 0 Å². The molecule has 0 bridgehead atoms. The van der Waals surface area contributed by atoms with Gasteiger partial charge in [0, 0.05) is 11.8 Å². The third-order valence-corrected chi connectivity index (χ3v) is 6.02. The van der Waals surface area contributed by atoms with Crippen molar-refractivity contribution in [2.75, 3.05) is 11.9 Å². The number of pyridine rings is 1. The molecule has 2 atom stereocenters. The van der Waals surface area contributed by atoms with Crippen LogP contribution >= 0.6 is 0 Å². The number of alkyl carbamates (subject to hydrolysis) is 1. The van der Waals surface area contributed by atoms with E-state index in [4.69, 9.17) is 9.47 Å². The number of carbonyl (C=O) groups excluding carboxylic acids is 2. The minimum Gasteiger partial charge on any atom is -0.445 e. The van der Waals surface area contributed by atoms with Gasteiger partial charge in [-0.2, -0.15) is 5.10 Å². The summed E-state index contributed by atoms with van der Waals surface area (Å²) in [6, 6.07) is 12.7. The number of amides is 2. The summed E-state index contributed by atoms with van der Waals surface area (Å²) in [6.07, 6.45) is 6.48. The molecule has 0 aliphatic rings. The van der Waals surface area contributed by atoms with Gasteiger partial charge in [-0.3, -0.25) is 14.5 Å². The number of benzene rings is 1. The number of ether oxygens (including phenoxy) is 2. The molecule has 0 aliphatic heterocycles. The molecule has 2 N–H and O–H groups in total. The van der Waals surface area contributed by atoms with Crippen LogP contribution in [0.2, 0.25) is 0 Å². The second-order valence-electron chi connectivity index (χ2n) is 10.4. The largest absolute Gasteiger partial charge is 0.445 e. The minimum atomic E-state index is -0.557. The Bertz CT molecular complexity index is 1300. The lowest BCUT2D eigenvalue weighted by molar-refractivity contribution is -0.118. The first kappa shape index (κ1) is 30.3. The molecule has 0 unspecified atom stereocenters. The Morgan fingerprint density at radius 1 is 1.15 bits per heavy atom. The van der Waals surface area contributed by atoms with Crippen molar-refractivity contribution in [2.24, 2.45) is 5.92 Å². The summed E-state index contributed by atoms with van der Waals surface area (Å²) in [5.74, 6) is -0.570. The molecular formula is C31H39N5O4. The lowest BCUT2D eigenvalue weighted by Crippen LogP contribution is -2.29. The lowest BCUT2D eigenvalue weighted by Gasteiger charge is -2.20. The van der Waals surface area contributed by atoms with Gasteiger partial charge < -0.3 is 20.1 Å². The van der Waals surface area contributed by atoms with Gasteiger partial charge >= 0.3 is 6.09 Å². The number of rotatable bonds is 13. The Kier molecular flexibility index (Phi) is 10.8. The second kappa shape index (κ2) is 14.2. The van der Waals surface area contributed by atoms with Gasteiger partial charge in [0.25, 0.3) is 0 Å². The molecule has 0 fully saturated rings. The Balaban J connectivity index is 1.87. The van der Waals surface area contributed by atoms with E-state index in [0.29, 0.717) is 36.6 Å². The Morgan fingerprint density at radius 3 is 2.58 bits per heavy atom. The van der Waals surface area contributed by atoms with Gasteiger partial charge in [0.1, 0.15) is 6.61 Å². The van der Waals surface area contributed by atoms with Crippen LogP contribution in [0.15, 0.2) is 80.2 Å². The highest BCUT2D eigenvalue weighted by atomic mass is 16.5. The smallest absolute Gasteiger partial charge is 0.408 e. The van der Waals surface area contributed by atoms with Crippen molar-refractivity contribution < 1.29 is 19.1 Å². The SMILES string of the molecule is C=CC[C@H](NC(=O)OCc1ccccc1)c1cc(-c2c(NC(=O)[C@H](C)C=C)cnn2CCOC(C)(C)C)ccn1. The predicted molar refractivity (Wildman–Crippen MR) is 156 cm³/mol. The molecule has 2 heterocycles. The third-order valence-electron chi connectivity index (χ3n) is 6.02. The molecule has 9 nitrogen and oxygen atoms in total. The van der Waals surface area contributed by atoms with E-state index in [0.717, 1.165) is 11.1 Å². The molecule has 40 heavy (non-hydrogen) atoms. The van der Waals surface area contributed by atoms with Gasteiger partial charge in [-0.25, -0.2) is 4.79 Å². The Morgan fingerprint density at radius 2 is 1.90 bits per heavy atom. The summed E-state index contributed by atoms with van der Waals surface area (Å²) in [5, 5.41) is 10.4. The summed E-state index contributed by atoms with van der Waals surface area (Å²) in [6.45, 7) is 16.4. The van der Waals surface area contributed by atoms with E-state index in [9.17, 15) is 9.59 Å². The highest BCUT2D eigenvalue weighted by Gasteiger charge is 2.21. The molecule has 0 saturated carbocycles. The highest BCUT2D eigenvalue weighted by Crippen LogP contribution is 2.30. The van der Waals surface area contributed by atoms with Crippen LogP contribution in [0.3, 0.4) is 0 Å². The molecule has 0 saturated heterocycles. The van der Waals surface area contributed by atoms with E-state index in [1.54, 1.807) is 36.2 Å². The summed E-state index contributed by atoms with van der Waals surface area (Å²) in [7, 11) is 0. The maximum Gasteiger partial charge on any atom is 0.408 e. The summed E-state index contributed by atoms with van der Waals surface area (Å²) >= 11 is 0. The van der Waals surface area contributed by atoms with Crippen molar-refractivity contribution in [1.82, 2.24) is 20.1 Å². The fourth-order valence-electron chi connectivity index (χ4n) is 3.86. The van der Waals surface area contributed by atoms with Crippen LogP contribution in [0.25, 0.3) is 11.3 Å². The monoisotopic (exact) mass is 545 g/mol. The molecule has 2 amide bonds. The average Bonchev–Trinajstić information content (AvgIpc) is 3.33. The van der Waals surface area contributed by atoms with Gasteiger partial charge in [0.05, 0.1) is 54.0 Å². The van der Waals surface area contributed by atoms with E-state index in [2.05, 4.69) is 33.9 Å². The Hall–Kier alpha value is -4.24. The molecular weight excluding hydrogens is 506 g/mol. The fourth-order valence-corrected chi connectivity index (χ4v) is 3.86. The molecule has 0 radical (unpaired) electrons. The number of carbonyl (C=O) groups is 2. The number of nitrogens with one attached hydrogen (secondary N) is 2. The predicted octanol–water partition coefficient (Wildman–Crippen LogP) is 6.06. The third kappa shape index (κ3) is 8.91. The molecule has 0 aliphatic carbocycles. The minimum absolute atomic E-state index is 0.156. The maximum absolute atomic E-state index is 12.7. The van der Waals surface area contributed by atoms with E-state index in [1.165, 1.54) is 0 Å². The van der Waals surface area contributed by atoms with E-state index < -0.39 is 12.1 Å². The quantitative estimate of drug-likeness (QED) is 0.253. The number of aromatic nitrogens is 3. The van der Waals surface area contributed by atoms with Crippen LogP contribution in [0, 0.1) is 5.92 Å². The Labute approximate surface area is 236 Å². The van der Waals surface area contributed by atoms with Crippen molar-refractivity contribution in [1.29, 1.82) is 0 Å². The van der Waals surface area contributed by atoms with Crippen LogP contribution in [0.1, 0.15) is 51.4 Å². The van der Waals surface area contributed by atoms with E-state index in [-0.39, 0.29) is 24.0 Å². The molecule has 9 heteroatoms. The zero-order valence-electron chi connectivity index (χ0n) is 23.7. The van der Waals surface area contributed by atoms with Crippen molar-refractivity contribution in [2.45, 2.75) is 58.9 Å². The normalized spacial score (nSPS) is 12.7. The topological polar surface area (TPSA) is 107 Å². The van der Waals surface area contributed by atoms with Crippen LogP contribution in [-0.4, -0.2) is 39.0 Å². The lowest BCUT2D eigenvalue weighted by atomic mass is 10.0. The molecule has 1 aromatic carbocycles. The number of nitrogens with zero attached hydrogens (tertiary/aromatic N) is 3. The van der Waals surface area contributed by atoms with Crippen molar-refractivity contribution >= 4 is 17.7 Å². The first-order chi connectivity index (χ1) is 19.1. The standard InChI is InChI=1S/C31H39N5O4/c1-7-12-25(35-30(38)39-21-23-13-10-9-11-14-23)26-19-24(15-16-32-26)28-27(34-29(37)22(3)8-2)20-33-36(28)17-18-40-31(4,5)6/h7-11,13-16,19-20,22,25H,1-2,12,17-18,21H2,3-6H3,(H,34,37)(H,35,38)/t22-,25+/m1/s1. The molecule has 2 aromatic heterocycles. The van der Waals surface area contributed by atoms with Gasteiger partial charge in [-0.05, 0) is 44.9 Å². The number of hydrogen-bond donors (Lipinski definition) is 2. The molecule has 0 spiro atoms. The fraction of sp³-hybridized carbons (Fsp3) is 0.355. The summed E-state index contributed by atoms with van der Waals surface area (Å²) < 4.78 is 13.1.